The monoisotopic (exact) mass is 196 g/mol. The van der Waals surface area contributed by atoms with Crippen LogP contribution in [0.15, 0.2) is 30.3 Å². The Morgan fingerprint density at radius 2 is 1.85 bits per heavy atom. The van der Waals surface area contributed by atoms with Crippen molar-refractivity contribution in [2.75, 3.05) is 5.75 Å². The lowest BCUT2D eigenvalue weighted by molar-refractivity contribution is 0.486. The van der Waals surface area contributed by atoms with Crippen LogP contribution in [0.2, 0.25) is 0 Å². The maximum absolute atomic E-state index is 11.5. The summed E-state index contributed by atoms with van der Waals surface area (Å²) in [7, 11) is -2.87. The first-order valence-electron chi connectivity index (χ1n) is 4.34. The molecule has 1 heterocycles. The second-order valence-corrected chi connectivity index (χ2v) is 6.20. The van der Waals surface area contributed by atoms with Crippen molar-refractivity contribution in [2.45, 2.75) is 18.1 Å². The van der Waals surface area contributed by atoms with Crippen molar-refractivity contribution in [1.29, 1.82) is 0 Å². The quantitative estimate of drug-likeness (QED) is 0.685. The van der Waals surface area contributed by atoms with E-state index in [-0.39, 0.29) is 0 Å². The topological polar surface area (TPSA) is 34.1 Å². The average molecular weight is 196 g/mol. The lowest BCUT2D eigenvalue weighted by Crippen LogP contribution is -2.45. The van der Waals surface area contributed by atoms with Gasteiger partial charge in [0.2, 0.25) is 0 Å². The Hall–Kier alpha value is -0.830. The molecule has 2 nitrogen and oxygen atoms in total. The highest BCUT2D eigenvalue weighted by atomic mass is 32.2. The van der Waals surface area contributed by atoms with Gasteiger partial charge in [-0.3, -0.25) is 0 Å². The third-order valence-electron chi connectivity index (χ3n) is 2.92. The van der Waals surface area contributed by atoms with Crippen LogP contribution in [-0.4, -0.2) is 14.2 Å². The molecule has 1 aromatic carbocycles. The van der Waals surface area contributed by atoms with Gasteiger partial charge in [-0.15, -0.1) is 0 Å². The molecule has 2 rings (SSSR count). The van der Waals surface area contributed by atoms with E-state index in [1.54, 1.807) is 6.92 Å². The summed E-state index contributed by atoms with van der Waals surface area (Å²) in [5, 5.41) is 0. The Balaban J connectivity index is 2.49. The fourth-order valence-corrected chi connectivity index (χ4v) is 3.33. The smallest absolute Gasteiger partial charge is 0.159 e. The summed E-state index contributed by atoms with van der Waals surface area (Å²) in [4.78, 5) is 0. The largest absolute Gasteiger partial charge is 0.228 e. The van der Waals surface area contributed by atoms with Gasteiger partial charge in [-0.1, -0.05) is 30.3 Å². The van der Waals surface area contributed by atoms with Crippen LogP contribution >= 0.6 is 0 Å². The van der Waals surface area contributed by atoms with Gasteiger partial charge in [0.05, 0.1) is 10.5 Å². The molecule has 3 heteroatoms. The highest BCUT2D eigenvalue weighted by Crippen LogP contribution is 2.42. The van der Waals surface area contributed by atoms with Gasteiger partial charge < -0.3 is 0 Å². The summed E-state index contributed by atoms with van der Waals surface area (Å²) in [6.45, 7) is 1.81. The van der Waals surface area contributed by atoms with E-state index in [9.17, 15) is 8.42 Å². The van der Waals surface area contributed by atoms with Gasteiger partial charge in [-0.2, -0.15) is 0 Å². The number of hydrogen-bond donors (Lipinski definition) is 0. The van der Waals surface area contributed by atoms with Crippen molar-refractivity contribution < 1.29 is 8.42 Å². The molecule has 1 aromatic rings. The number of rotatable bonds is 1. The van der Waals surface area contributed by atoms with Gasteiger partial charge in [-0.05, 0) is 18.9 Å². The molecule has 0 aliphatic carbocycles. The molecular weight excluding hydrogens is 184 g/mol. The fraction of sp³-hybridized carbons (Fsp3) is 0.400. The minimum Gasteiger partial charge on any atom is -0.228 e. The zero-order valence-electron chi connectivity index (χ0n) is 7.53. The van der Waals surface area contributed by atoms with E-state index in [1.807, 2.05) is 30.3 Å². The molecule has 1 aliphatic rings. The van der Waals surface area contributed by atoms with Gasteiger partial charge in [-0.25, -0.2) is 8.42 Å². The van der Waals surface area contributed by atoms with Gasteiger partial charge in [0, 0.05) is 0 Å². The Labute approximate surface area is 78.5 Å². The van der Waals surface area contributed by atoms with Gasteiger partial charge in [0.25, 0.3) is 0 Å². The maximum Gasteiger partial charge on any atom is 0.159 e. The molecule has 0 spiro atoms. The molecule has 0 saturated carbocycles. The predicted molar refractivity (Wildman–Crippen MR) is 52.2 cm³/mol. The first-order valence-corrected chi connectivity index (χ1v) is 5.99. The maximum atomic E-state index is 11.5. The van der Waals surface area contributed by atoms with Crippen LogP contribution in [0.3, 0.4) is 0 Å². The molecule has 13 heavy (non-hydrogen) atoms. The minimum absolute atomic E-state index is 0.332. The number of hydrogen-bond acceptors (Lipinski definition) is 2. The molecule has 0 aromatic heterocycles. The molecule has 1 unspecified atom stereocenters. The van der Waals surface area contributed by atoms with E-state index >= 15 is 0 Å². The van der Waals surface area contributed by atoms with Gasteiger partial charge >= 0.3 is 0 Å². The highest BCUT2D eigenvalue weighted by Gasteiger charge is 2.49. The normalized spacial score (nSPS) is 30.8. The molecule has 1 fully saturated rings. The first-order chi connectivity index (χ1) is 6.06. The van der Waals surface area contributed by atoms with E-state index in [1.165, 1.54) is 0 Å². The van der Waals surface area contributed by atoms with E-state index in [0.717, 1.165) is 12.0 Å². The third-order valence-corrected chi connectivity index (χ3v) is 5.47. The van der Waals surface area contributed by atoms with Crippen molar-refractivity contribution in [1.82, 2.24) is 0 Å². The van der Waals surface area contributed by atoms with Crippen LogP contribution in [0.25, 0.3) is 0 Å². The van der Waals surface area contributed by atoms with E-state index in [0.29, 0.717) is 5.75 Å². The lowest BCUT2D eigenvalue weighted by Gasteiger charge is -2.38. The molecule has 70 valence electrons. The highest BCUT2D eigenvalue weighted by molar-refractivity contribution is 7.93. The predicted octanol–water partition coefficient (Wildman–Crippen LogP) is 1.72. The van der Waals surface area contributed by atoms with Crippen LogP contribution in [0.5, 0.6) is 0 Å². The molecule has 1 atom stereocenters. The zero-order chi connectivity index (χ0) is 9.53. The summed E-state index contributed by atoms with van der Waals surface area (Å²) < 4.78 is 22.5. The van der Waals surface area contributed by atoms with Crippen LogP contribution in [-0.2, 0) is 14.6 Å². The molecule has 1 saturated heterocycles. The average Bonchev–Trinajstić information content (AvgIpc) is 2.16. The SMILES string of the molecule is CC1(c2ccccc2)CCS1(=O)=O. The van der Waals surface area contributed by atoms with Crippen molar-refractivity contribution in [3.05, 3.63) is 35.9 Å². The molecule has 0 radical (unpaired) electrons. The zero-order valence-corrected chi connectivity index (χ0v) is 8.34. The third kappa shape index (κ3) is 1.10. The van der Waals surface area contributed by atoms with E-state index in [2.05, 4.69) is 0 Å². The van der Waals surface area contributed by atoms with Crippen molar-refractivity contribution in [2.24, 2.45) is 0 Å². The summed E-state index contributed by atoms with van der Waals surface area (Å²) in [5.41, 5.74) is 0.918. The molecule has 0 N–H and O–H groups in total. The van der Waals surface area contributed by atoms with E-state index < -0.39 is 14.6 Å². The standard InChI is InChI=1S/C10H12O2S/c1-10(7-8-13(10,11)12)9-5-3-2-4-6-9/h2-6H,7-8H2,1H3. The van der Waals surface area contributed by atoms with Crippen molar-refractivity contribution in [3.63, 3.8) is 0 Å². The molecular formula is C10H12O2S. The molecule has 1 aliphatic heterocycles. The number of sulfone groups is 1. The molecule has 0 amide bonds. The van der Waals surface area contributed by atoms with Gasteiger partial charge in [0.15, 0.2) is 9.84 Å². The number of benzene rings is 1. The Morgan fingerprint density at radius 3 is 2.23 bits per heavy atom. The summed E-state index contributed by atoms with van der Waals surface area (Å²) in [5.74, 6) is 0.332. The fourth-order valence-electron chi connectivity index (χ4n) is 1.69. The Morgan fingerprint density at radius 1 is 1.23 bits per heavy atom. The Kier molecular flexibility index (Phi) is 1.74. The minimum atomic E-state index is -2.87. The van der Waals surface area contributed by atoms with Crippen molar-refractivity contribution in [3.8, 4) is 0 Å². The first kappa shape index (κ1) is 8.75. The van der Waals surface area contributed by atoms with Crippen LogP contribution in [0.1, 0.15) is 18.9 Å². The lowest BCUT2D eigenvalue weighted by atomic mass is 9.97. The summed E-state index contributed by atoms with van der Waals surface area (Å²) in [6.07, 6.45) is 0.749. The second-order valence-electron chi connectivity index (χ2n) is 3.67. The van der Waals surface area contributed by atoms with Crippen LogP contribution in [0.4, 0.5) is 0 Å². The van der Waals surface area contributed by atoms with Crippen LogP contribution in [0, 0.1) is 0 Å². The molecule has 0 bridgehead atoms. The van der Waals surface area contributed by atoms with Gasteiger partial charge in [0.1, 0.15) is 0 Å². The Bertz CT molecular complexity index is 408. The summed E-state index contributed by atoms with van der Waals surface area (Å²) in [6, 6.07) is 9.44. The second kappa shape index (κ2) is 2.58. The van der Waals surface area contributed by atoms with Crippen LogP contribution < -0.4 is 0 Å². The summed E-state index contributed by atoms with van der Waals surface area (Å²) >= 11 is 0. The van der Waals surface area contributed by atoms with E-state index in [4.69, 9.17) is 0 Å². The van der Waals surface area contributed by atoms with Crippen molar-refractivity contribution >= 4 is 9.84 Å².